The average Bonchev–Trinajstić information content (AvgIpc) is 2.71. The maximum absolute atomic E-state index is 10.8. The first kappa shape index (κ1) is 12.6. The second-order valence-electron chi connectivity index (χ2n) is 4.67. The number of aromatic nitrogens is 1. The molecule has 2 rings (SSSR count). The van der Waals surface area contributed by atoms with Gasteiger partial charge in [-0.05, 0) is 39.2 Å². The summed E-state index contributed by atoms with van der Waals surface area (Å²) in [5, 5.41) is 11.8. The second-order valence-corrected chi connectivity index (χ2v) is 4.67. The fourth-order valence-corrected chi connectivity index (χ4v) is 2.04. The van der Waals surface area contributed by atoms with E-state index >= 15 is 0 Å². The molecular formula is C13H17N3O2. The van der Waals surface area contributed by atoms with Crippen molar-refractivity contribution in [1.82, 2.24) is 9.47 Å². The van der Waals surface area contributed by atoms with Crippen LogP contribution in [-0.2, 0) is 6.54 Å². The third-order valence-electron chi connectivity index (χ3n) is 2.97. The van der Waals surface area contributed by atoms with E-state index in [4.69, 9.17) is 0 Å². The van der Waals surface area contributed by atoms with Gasteiger partial charge in [0.2, 0.25) is 0 Å². The van der Waals surface area contributed by atoms with Crippen LogP contribution in [0.25, 0.3) is 10.9 Å². The highest BCUT2D eigenvalue weighted by atomic mass is 16.6. The minimum Gasteiger partial charge on any atom is -0.347 e. The molecule has 0 unspecified atom stereocenters. The summed E-state index contributed by atoms with van der Waals surface area (Å²) in [5.74, 6) is 0. The predicted octanol–water partition coefficient (Wildman–Crippen LogP) is 2.50. The number of aryl methyl sites for hydroxylation is 1. The van der Waals surface area contributed by atoms with Crippen LogP contribution in [0, 0.1) is 10.1 Å². The van der Waals surface area contributed by atoms with Gasteiger partial charge in [-0.3, -0.25) is 10.1 Å². The summed E-state index contributed by atoms with van der Waals surface area (Å²) in [6, 6.07) is 6.99. The van der Waals surface area contributed by atoms with Crippen LogP contribution in [0.2, 0.25) is 0 Å². The smallest absolute Gasteiger partial charge is 0.271 e. The summed E-state index contributed by atoms with van der Waals surface area (Å²) in [4.78, 5) is 12.6. The topological polar surface area (TPSA) is 51.3 Å². The van der Waals surface area contributed by atoms with Crippen LogP contribution < -0.4 is 0 Å². The number of nitrogens with zero attached hydrogens (tertiary/aromatic N) is 3. The zero-order valence-electron chi connectivity index (χ0n) is 10.7. The lowest BCUT2D eigenvalue weighted by Gasteiger charge is -2.10. The van der Waals surface area contributed by atoms with Gasteiger partial charge in [0.1, 0.15) is 0 Å². The summed E-state index contributed by atoms with van der Waals surface area (Å²) >= 11 is 0. The lowest BCUT2D eigenvalue weighted by molar-refractivity contribution is -0.384. The van der Waals surface area contributed by atoms with Crippen LogP contribution in [-0.4, -0.2) is 35.0 Å². The molecule has 0 aliphatic rings. The van der Waals surface area contributed by atoms with Crippen LogP contribution in [0.1, 0.15) is 6.42 Å². The molecule has 0 amide bonds. The molecule has 0 aliphatic carbocycles. The Morgan fingerprint density at radius 3 is 2.78 bits per heavy atom. The number of hydrogen-bond donors (Lipinski definition) is 0. The number of rotatable bonds is 5. The van der Waals surface area contributed by atoms with Gasteiger partial charge >= 0.3 is 0 Å². The summed E-state index contributed by atoms with van der Waals surface area (Å²) in [6.45, 7) is 1.89. The number of non-ortho nitro benzene ring substituents is 1. The van der Waals surface area contributed by atoms with Crippen LogP contribution in [0.4, 0.5) is 5.69 Å². The van der Waals surface area contributed by atoms with Crippen LogP contribution in [0.3, 0.4) is 0 Å². The van der Waals surface area contributed by atoms with E-state index in [1.165, 1.54) is 0 Å². The Labute approximate surface area is 106 Å². The first-order chi connectivity index (χ1) is 8.58. The monoisotopic (exact) mass is 247 g/mol. The molecular weight excluding hydrogens is 230 g/mol. The van der Waals surface area contributed by atoms with Crippen molar-refractivity contribution >= 4 is 16.6 Å². The van der Waals surface area contributed by atoms with E-state index in [2.05, 4.69) is 9.47 Å². The molecule has 0 aliphatic heterocycles. The first-order valence-corrected chi connectivity index (χ1v) is 5.96. The fraction of sp³-hybridized carbons (Fsp3) is 0.385. The fourth-order valence-electron chi connectivity index (χ4n) is 2.04. The minimum absolute atomic E-state index is 0.148. The molecule has 1 heterocycles. The predicted molar refractivity (Wildman–Crippen MR) is 71.8 cm³/mol. The maximum Gasteiger partial charge on any atom is 0.271 e. The van der Waals surface area contributed by atoms with Crippen molar-refractivity contribution in [2.75, 3.05) is 20.6 Å². The van der Waals surface area contributed by atoms with Crippen LogP contribution in [0.15, 0.2) is 30.5 Å². The number of nitro benzene ring substituents is 1. The van der Waals surface area contributed by atoms with Crippen molar-refractivity contribution in [2.24, 2.45) is 0 Å². The largest absolute Gasteiger partial charge is 0.347 e. The molecule has 96 valence electrons. The lowest BCUT2D eigenvalue weighted by atomic mass is 10.2. The normalized spacial score (nSPS) is 11.3. The van der Waals surface area contributed by atoms with Crippen molar-refractivity contribution in [3.63, 3.8) is 0 Å². The van der Waals surface area contributed by atoms with E-state index in [0.29, 0.717) is 0 Å². The highest BCUT2D eigenvalue weighted by Crippen LogP contribution is 2.22. The van der Waals surface area contributed by atoms with Gasteiger partial charge in [0.25, 0.3) is 5.69 Å². The van der Waals surface area contributed by atoms with Crippen LogP contribution in [0.5, 0.6) is 0 Å². The third-order valence-corrected chi connectivity index (χ3v) is 2.97. The summed E-state index contributed by atoms with van der Waals surface area (Å²) < 4.78 is 2.08. The molecule has 5 heteroatoms. The Bertz CT molecular complexity index is 560. The third kappa shape index (κ3) is 2.68. The lowest BCUT2D eigenvalue weighted by Crippen LogP contribution is -2.14. The highest BCUT2D eigenvalue weighted by molar-refractivity contribution is 5.82. The highest BCUT2D eigenvalue weighted by Gasteiger charge is 2.08. The van der Waals surface area contributed by atoms with Crippen molar-refractivity contribution in [2.45, 2.75) is 13.0 Å². The first-order valence-electron chi connectivity index (χ1n) is 5.96. The van der Waals surface area contributed by atoms with Gasteiger partial charge in [0.05, 0.1) is 10.4 Å². The van der Waals surface area contributed by atoms with E-state index in [1.807, 2.05) is 26.4 Å². The minimum atomic E-state index is -0.351. The molecule has 1 aromatic carbocycles. The van der Waals surface area contributed by atoms with Gasteiger partial charge in [-0.15, -0.1) is 0 Å². The molecule has 5 nitrogen and oxygen atoms in total. The number of nitro groups is 1. The molecule has 0 saturated heterocycles. The Morgan fingerprint density at radius 1 is 1.33 bits per heavy atom. The van der Waals surface area contributed by atoms with Gasteiger partial charge in [-0.25, -0.2) is 0 Å². The molecule has 0 bridgehead atoms. The van der Waals surface area contributed by atoms with Crippen LogP contribution >= 0.6 is 0 Å². The zero-order valence-corrected chi connectivity index (χ0v) is 10.7. The van der Waals surface area contributed by atoms with Gasteiger partial charge in [-0.2, -0.15) is 0 Å². The van der Waals surface area contributed by atoms with E-state index in [1.54, 1.807) is 18.2 Å². The van der Waals surface area contributed by atoms with Gasteiger partial charge in [-0.1, -0.05) is 0 Å². The standard InChI is InChI=1S/C13H17N3O2/c1-14(2)7-3-8-15-9-6-11-4-5-12(16(17)18)10-13(11)15/h4-6,9-10H,3,7-8H2,1-2H3. The van der Waals surface area contributed by atoms with Crippen molar-refractivity contribution in [3.8, 4) is 0 Å². The molecule has 1 aromatic heterocycles. The Morgan fingerprint density at radius 2 is 2.11 bits per heavy atom. The SMILES string of the molecule is CN(C)CCCn1ccc2ccc([N+](=O)[O-])cc21. The summed E-state index contributed by atoms with van der Waals surface area (Å²) in [7, 11) is 4.08. The van der Waals surface area contributed by atoms with Crippen molar-refractivity contribution in [1.29, 1.82) is 0 Å². The number of hydrogen-bond acceptors (Lipinski definition) is 3. The van der Waals surface area contributed by atoms with Crippen molar-refractivity contribution < 1.29 is 4.92 Å². The Balaban J connectivity index is 2.22. The molecule has 0 saturated carbocycles. The Kier molecular flexibility index (Phi) is 3.62. The van der Waals surface area contributed by atoms with Gasteiger partial charge in [0.15, 0.2) is 0 Å². The number of fused-ring (bicyclic) bond motifs is 1. The molecule has 0 radical (unpaired) electrons. The van der Waals surface area contributed by atoms with E-state index < -0.39 is 0 Å². The molecule has 0 atom stereocenters. The quantitative estimate of drug-likeness (QED) is 0.602. The van der Waals surface area contributed by atoms with E-state index in [-0.39, 0.29) is 10.6 Å². The molecule has 2 aromatic rings. The maximum atomic E-state index is 10.8. The van der Waals surface area contributed by atoms with E-state index in [9.17, 15) is 10.1 Å². The number of benzene rings is 1. The molecule has 0 fully saturated rings. The second kappa shape index (κ2) is 5.18. The van der Waals surface area contributed by atoms with E-state index in [0.717, 1.165) is 30.4 Å². The molecule has 0 spiro atoms. The Hall–Kier alpha value is -1.88. The average molecular weight is 247 g/mol. The molecule has 0 N–H and O–H groups in total. The molecule has 18 heavy (non-hydrogen) atoms. The van der Waals surface area contributed by atoms with Gasteiger partial charge < -0.3 is 9.47 Å². The summed E-state index contributed by atoms with van der Waals surface area (Å²) in [6.07, 6.45) is 3.02. The summed E-state index contributed by atoms with van der Waals surface area (Å²) in [5.41, 5.74) is 1.08. The van der Waals surface area contributed by atoms with Crippen molar-refractivity contribution in [3.05, 3.63) is 40.6 Å². The zero-order chi connectivity index (χ0) is 13.1. The van der Waals surface area contributed by atoms with Gasteiger partial charge in [0, 0.05) is 30.3 Å².